The van der Waals surface area contributed by atoms with Crippen molar-refractivity contribution in [3.05, 3.63) is 65.2 Å². The van der Waals surface area contributed by atoms with E-state index >= 15 is 0 Å². The van der Waals surface area contributed by atoms with Gasteiger partial charge in [-0.05, 0) is 43.0 Å². The molecule has 0 aromatic heterocycles. The fraction of sp³-hybridized carbons (Fsp3) is 0.316. The van der Waals surface area contributed by atoms with E-state index in [1.165, 1.54) is 18.2 Å². The van der Waals surface area contributed by atoms with Crippen LogP contribution in [-0.4, -0.2) is 17.5 Å². The fourth-order valence-electron chi connectivity index (χ4n) is 3.32. The summed E-state index contributed by atoms with van der Waals surface area (Å²) < 4.78 is 39.3. The minimum absolute atomic E-state index is 0.112. The van der Waals surface area contributed by atoms with Crippen molar-refractivity contribution >= 4 is 11.7 Å². The number of halogens is 3. The molecule has 1 N–H and O–H groups in total. The molecule has 25 heavy (non-hydrogen) atoms. The first-order chi connectivity index (χ1) is 11.9. The Morgan fingerprint density at radius 3 is 2.52 bits per heavy atom. The summed E-state index contributed by atoms with van der Waals surface area (Å²) in [6.07, 6.45) is -2.88. The molecule has 1 aliphatic rings. The Bertz CT molecular complexity index is 773. The number of aryl methyl sites for hydroxylation is 1. The van der Waals surface area contributed by atoms with Crippen LogP contribution in [0.1, 0.15) is 35.6 Å². The molecule has 3 nitrogen and oxygen atoms in total. The summed E-state index contributed by atoms with van der Waals surface area (Å²) in [5.41, 5.74) is 1.06. The Balaban J connectivity index is 1.83. The number of anilines is 1. The second-order valence-corrected chi connectivity index (χ2v) is 6.18. The molecule has 1 fully saturated rings. The number of hydrogen-bond donors (Lipinski definition) is 1. The molecule has 0 spiro atoms. The first kappa shape index (κ1) is 17.3. The number of amides is 2. The molecule has 2 amide bonds. The number of carbonyl (C=O) groups is 1. The maximum Gasteiger partial charge on any atom is 0.418 e. The van der Waals surface area contributed by atoms with Crippen molar-refractivity contribution in [2.45, 2.75) is 32.0 Å². The number of hydrogen-bond acceptors (Lipinski definition) is 1. The molecular formula is C19H19F3N2O. The number of alkyl halides is 3. The van der Waals surface area contributed by atoms with Crippen LogP contribution in [0.2, 0.25) is 0 Å². The molecule has 1 atom stereocenters. The minimum atomic E-state index is -4.51. The average Bonchev–Trinajstić information content (AvgIpc) is 3.04. The molecule has 0 saturated carbocycles. The van der Waals surface area contributed by atoms with Gasteiger partial charge < -0.3 is 10.2 Å². The van der Waals surface area contributed by atoms with Crippen LogP contribution in [-0.2, 0) is 6.18 Å². The van der Waals surface area contributed by atoms with Gasteiger partial charge in [-0.3, -0.25) is 0 Å². The van der Waals surface area contributed by atoms with Gasteiger partial charge in [-0.2, -0.15) is 13.2 Å². The van der Waals surface area contributed by atoms with Gasteiger partial charge in [0.25, 0.3) is 0 Å². The number of nitrogens with one attached hydrogen (secondary N) is 1. The molecule has 2 aromatic rings. The Morgan fingerprint density at radius 2 is 1.80 bits per heavy atom. The number of carbonyl (C=O) groups excluding carboxylic acids is 1. The highest BCUT2D eigenvalue weighted by Crippen LogP contribution is 2.37. The van der Waals surface area contributed by atoms with Gasteiger partial charge in [0.1, 0.15) is 0 Å². The van der Waals surface area contributed by atoms with Crippen LogP contribution in [0.5, 0.6) is 0 Å². The summed E-state index contributed by atoms with van der Waals surface area (Å²) >= 11 is 0. The third-order valence-corrected chi connectivity index (χ3v) is 4.54. The summed E-state index contributed by atoms with van der Waals surface area (Å²) in [6.45, 7) is 2.50. The van der Waals surface area contributed by atoms with Crippen molar-refractivity contribution in [1.82, 2.24) is 4.90 Å². The maximum atomic E-state index is 13.1. The smallest absolute Gasteiger partial charge is 0.317 e. The molecule has 1 saturated heterocycles. The molecule has 0 bridgehead atoms. The third-order valence-electron chi connectivity index (χ3n) is 4.54. The van der Waals surface area contributed by atoms with Gasteiger partial charge in [-0.25, -0.2) is 4.79 Å². The molecule has 0 radical (unpaired) electrons. The van der Waals surface area contributed by atoms with E-state index in [2.05, 4.69) is 5.32 Å². The van der Waals surface area contributed by atoms with E-state index in [-0.39, 0.29) is 11.7 Å². The van der Waals surface area contributed by atoms with Crippen molar-refractivity contribution in [3.63, 3.8) is 0 Å². The number of para-hydroxylation sites is 1. The number of rotatable bonds is 2. The van der Waals surface area contributed by atoms with Gasteiger partial charge >= 0.3 is 12.2 Å². The lowest BCUT2D eigenvalue weighted by molar-refractivity contribution is -0.136. The van der Waals surface area contributed by atoms with Crippen LogP contribution < -0.4 is 5.32 Å². The van der Waals surface area contributed by atoms with Gasteiger partial charge in [0, 0.05) is 6.54 Å². The van der Waals surface area contributed by atoms with Gasteiger partial charge in [0.2, 0.25) is 0 Å². The van der Waals surface area contributed by atoms with Crippen molar-refractivity contribution in [1.29, 1.82) is 0 Å². The quantitative estimate of drug-likeness (QED) is 0.776. The number of likely N-dealkylation sites (tertiary alicyclic amines) is 1. The Labute approximate surface area is 144 Å². The van der Waals surface area contributed by atoms with Crippen LogP contribution in [0.3, 0.4) is 0 Å². The molecule has 132 valence electrons. The summed E-state index contributed by atoms with van der Waals surface area (Å²) in [5, 5.41) is 2.45. The molecule has 0 aliphatic carbocycles. The SMILES string of the molecule is Cc1ccccc1[C@@H]1CCCN1C(=O)Nc1ccccc1C(F)(F)F. The number of nitrogens with zero attached hydrogens (tertiary/aromatic N) is 1. The van der Waals surface area contributed by atoms with Crippen molar-refractivity contribution in [2.24, 2.45) is 0 Å². The molecule has 6 heteroatoms. The van der Waals surface area contributed by atoms with Gasteiger partial charge in [0.05, 0.1) is 17.3 Å². The Kier molecular flexibility index (Phi) is 4.70. The van der Waals surface area contributed by atoms with E-state index in [4.69, 9.17) is 0 Å². The highest BCUT2D eigenvalue weighted by Gasteiger charge is 2.35. The van der Waals surface area contributed by atoms with Crippen molar-refractivity contribution in [2.75, 3.05) is 11.9 Å². The van der Waals surface area contributed by atoms with E-state index < -0.39 is 17.8 Å². The van der Waals surface area contributed by atoms with Gasteiger partial charge in [-0.15, -0.1) is 0 Å². The first-order valence-electron chi connectivity index (χ1n) is 8.17. The molecule has 1 heterocycles. The van der Waals surface area contributed by atoms with Crippen molar-refractivity contribution < 1.29 is 18.0 Å². The number of urea groups is 1. The largest absolute Gasteiger partial charge is 0.418 e. The van der Waals surface area contributed by atoms with E-state index in [9.17, 15) is 18.0 Å². The molecule has 0 unspecified atom stereocenters. The molecule has 1 aliphatic heterocycles. The topological polar surface area (TPSA) is 32.3 Å². The Morgan fingerprint density at radius 1 is 1.12 bits per heavy atom. The lowest BCUT2D eigenvalue weighted by Gasteiger charge is -2.27. The fourth-order valence-corrected chi connectivity index (χ4v) is 3.32. The zero-order chi connectivity index (χ0) is 18.0. The summed E-state index contributed by atoms with van der Waals surface area (Å²) in [7, 11) is 0. The zero-order valence-electron chi connectivity index (χ0n) is 13.8. The summed E-state index contributed by atoms with van der Waals surface area (Å²) in [6, 6.07) is 12.2. The molecule has 2 aromatic carbocycles. The second-order valence-electron chi connectivity index (χ2n) is 6.18. The third kappa shape index (κ3) is 3.62. The monoisotopic (exact) mass is 348 g/mol. The lowest BCUT2D eigenvalue weighted by atomic mass is 9.99. The van der Waals surface area contributed by atoms with Crippen LogP contribution in [0, 0.1) is 6.92 Å². The maximum absolute atomic E-state index is 13.1. The van der Waals surface area contributed by atoms with Crippen LogP contribution in [0.25, 0.3) is 0 Å². The molecule has 3 rings (SSSR count). The van der Waals surface area contributed by atoms with Crippen LogP contribution in [0.4, 0.5) is 23.7 Å². The van der Waals surface area contributed by atoms with Gasteiger partial charge in [0.15, 0.2) is 0 Å². The van der Waals surface area contributed by atoms with E-state index in [1.807, 2.05) is 31.2 Å². The summed E-state index contributed by atoms with van der Waals surface area (Å²) in [4.78, 5) is 14.3. The zero-order valence-corrected chi connectivity index (χ0v) is 13.8. The number of benzene rings is 2. The Hall–Kier alpha value is -2.50. The molecular weight excluding hydrogens is 329 g/mol. The van der Waals surface area contributed by atoms with E-state index in [0.29, 0.717) is 6.54 Å². The van der Waals surface area contributed by atoms with E-state index in [1.54, 1.807) is 4.90 Å². The predicted octanol–water partition coefficient (Wildman–Crippen LogP) is 5.38. The lowest BCUT2D eigenvalue weighted by Crippen LogP contribution is -2.35. The average molecular weight is 348 g/mol. The normalized spacial score (nSPS) is 17.6. The van der Waals surface area contributed by atoms with E-state index in [0.717, 1.165) is 30.0 Å². The highest BCUT2D eigenvalue weighted by molar-refractivity contribution is 5.90. The van der Waals surface area contributed by atoms with Crippen molar-refractivity contribution in [3.8, 4) is 0 Å². The second kappa shape index (κ2) is 6.78. The van der Waals surface area contributed by atoms with Gasteiger partial charge in [-0.1, -0.05) is 36.4 Å². The summed E-state index contributed by atoms with van der Waals surface area (Å²) in [5.74, 6) is 0. The first-order valence-corrected chi connectivity index (χ1v) is 8.17. The predicted molar refractivity (Wildman–Crippen MR) is 90.3 cm³/mol. The standard InChI is InChI=1S/C19H19F3N2O/c1-13-7-2-3-8-14(13)17-11-6-12-24(17)18(25)23-16-10-5-4-9-15(16)19(20,21)22/h2-5,7-10,17H,6,11-12H2,1H3,(H,23,25)/t17-/m0/s1. The minimum Gasteiger partial charge on any atom is -0.317 e. The highest BCUT2D eigenvalue weighted by atomic mass is 19.4. The van der Waals surface area contributed by atoms with Crippen LogP contribution in [0.15, 0.2) is 48.5 Å². The van der Waals surface area contributed by atoms with Crippen LogP contribution >= 0.6 is 0 Å².